The Bertz CT molecular complexity index is 500. The third-order valence-electron chi connectivity index (χ3n) is 3.29. The van der Waals surface area contributed by atoms with Gasteiger partial charge in [0.1, 0.15) is 0 Å². The molecule has 4 nitrogen and oxygen atoms in total. The van der Waals surface area contributed by atoms with Crippen LogP contribution in [0.25, 0.3) is 0 Å². The third kappa shape index (κ3) is 4.23. The van der Waals surface area contributed by atoms with Crippen molar-refractivity contribution >= 4 is 29.1 Å². The summed E-state index contributed by atoms with van der Waals surface area (Å²) in [5, 5.41) is 5.72. The van der Waals surface area contributed by atoms with Crippen molar-refractivity contribution in [2.75, 3.05) is 11.2 Å². The molecule has 0 spiro atoms. The number of nitrogens with one attached hydrogen (secondary N) is 2. The van der Waals surface area contributed by atoms with Crippen molar-refractivity contribution in [2.24, 2.45) is 11.8 Å². The first kappa shape index (κ1) is 14.9. The lowest BCUT2D eigenvalue weighted by atomic mass is 10.1. The van der Waals surface area contributed by atoms with Crippen LogP contribution in [-0.2, 0) is 16.1 Å². The molecule has 0 bridgehead atoms. The normalized spacial score (nSPS) is 15.5. The van der Waals surface area contributed by atoms with Crippen molar-refractivity contribution < 1.29 is 9.59 Å². The van der Waals surface area contributed by atoms with Gasteiger partial charge in [-0.1, -0.05) is 19.1 Å². The van der Waals surface area contributed by atoms with Gasteiger partial charge in [0.05, 0.1) is 0 Å². The van der Waals surface area contributed by atoms with E-state index < -0.39 is 0 Å². The molecule has 1 aromatic rings. The lowest BCUT2D eigenvalue weighted by Gasteiger charge is -2.10. The van der Waals surface area contributed by atoms with Gasteiger partial charge in [0.2, 0.25) is 11.8 Å². The van der Waals surface area contributed by atoms with E-state index in [1.54, 1.807) is 6.92 Å². The van der Waals surface area contributed by atoms with Crippen LogP contribution in [-0.4, -0.2) is 17.7 Å². The van der Waals surface area contributed by atoms with E-state index in [1.165, 1.54) is 0 Å². The minimum atomic E-state index is -0.200. The Morgan fingerprint density at radius 3 is 2.80 bits per heavy atom. The molecule has 1 fully saturated rings. The molecule has 2 N–H and O–H groups in total. The zero-order chi connectivity index (χ0) is 14.5. The molecule has 2 amide bonds. The van der Waals surface area contributed by atoms with Crippen molar-refractivity contribution in [3.63, 3.8) is 0 Å². The van der Waals surface area contributed by atoms with Crippen molar-refractivity contribution in [1.29, 1.82) is 0 Å². The fourth-order valence-corrected chi connectivity index (χ4v) is 1.92. The first-order chi connectivity index (χ1) is 9.60. The molecule has 20 heavy (non-hydrogen) atoms. The number of hydrogen-bond donors (Lipinski definition) is 2. The monoisotopic (exact) mass is 294 g/mol. The molecule has 108 valence electrons. The van der Waals surface area contributed by atoms with E-state index in [2.05, 4.69) is 10.6 Å². The Balaban J connectivity index is 1.88. The Labute approximate surface area is 123 Å². The molecule has 1 saturated carbocycles. The number of halogens is 1. The minimum absolute atomic E-state index is 0.0626. The second kappa shape index (κ2) is 6.75. The predicted octanol–water partition coefficient (Wildman–Crippen LogP) is 2.53. The Morgan fingerprint density at radius 1 is 1.40 bits per heavy atom. The zero-order valence-electron chi connectivity index (χ0n) is 11.5. The quantitative estimate of drug-likeness (QED) is 0.792. The largest absolute Gasteiger partial charge is 0.352 e. The number of rotatable bonds is 6. The van der Waals surface area contributed by atoms with Crippen LogP contribution in [0.5, 0.6) is 0 Å². The molecule has 0 saturated heterocycles. The number of amides is 2. The Kier molecular flexibility index (Phi) is 5.01. The molecule has 0 heterocycles. The van der Waals surface area contributed by atoms with Crippen LogP contribution in [0, 0.1) is 11.8 Å². The van der Waals surface area contributed by atoms with Gasteiger partial charge in [-0.3, -0.25) is 9.59 Å². The minimum Gasteiger partial charge on any atom is -0.352 e. The number of hydrogen-bond acceptors (Lipinski definition) is 2. The summed E-state index contributed by atoms with van der Waals surface area (Å²) in [7, 11) is 0. The van der Waals surface area contributed by atoms with Gasteiger partial charge >= 0.3 is 0 Å². The smallest absolute Gasteiger partial charge is 0.227 e. The van der Waals surface area contributed by atoms with Gasteiger partial charge in [-0.25, -0.2) is 0 Å². The van der Waals surface area contributed by atoms with Crippen LogP contribution < -0.4 is 10.6 Å². The lowest BCUT2D eigenvalue weighted by Crippen LogP contribution is -2.29. The van der Waals surface area contributed by atoms with Gasteiger partial charge in [-0.15, -0.1) is 11.6 Å². The molecule has 5 heteroatoms. The summed E-state index contributed by atoms with van der Waals surface area (Å²) in [5.74, 6) is 0.315. The molecular formula is C15H19ClN2O2. The molecule has 0 radical (unpaired) electrons. The number of alkyl halides is 1. The van der Waals surface area contributed by atoms with Crippen molar-refractivity contribution in [3.8, 4) is 0 Å². The Hall–Kier alpha value is -1.55. The van der Waals surface area contributed by atoms with Crippen molar-refractivity contribution in [3.05, 3.63) is 29.8 Å². The zero-order valence-corrected chi connectivity index (χ0v) is 12.2. The SMILES string of the molecule is CC(CCl)C(=O)NCc1cccc(NC(=O)C2CC2)c1. The van der Waals surface area contributed by atoms with Crippen LogP contribution in [0.1, 0.15) is 25.3 Å². The molecule has 1 unspecified atom stereocenters. The van der Waals surface area contributed by atoms with Gasteiger partial charge in [0.15, 0.2) is 0 Å². The maximum Gasteiger partial charge on any atom is 0.227 e. The van der Waals surface area contributed by atoms with E-state index in [0.29, 0.717) is 12.4 Å². The summed E-state index contributed by atoms with van der Waals surface area (Å²) in [4.78, 5) is 23.3. The second-order valence-electron chi connectivity index (χ2n) is 5.24. The molecule has 1 aromatic carbocycles. The van der Waals surface area contributed by atoms with E-state index in [4.69, 9.17) is 11.6 Å². The summed E-state index contributed by atoms with van der Waals surface area (Å²) in [6.45, 7) is 2.22. The highest BCUT2D eigenvalue weighted by atomic mass is 35.5. The highest BCUT2D eigenvalue weighted by Gasteiger charge is 2.29. The maximum absolute atomic E-state index is 11.7. The molecular weight excluding hydrogens is 276 g/mol. The van der Waals surface area contributed by atoms with Gasteiger partial charge < -0.3 is 10.6 Å². The van der Waals surface area contributed by atoms with Crippen LogP contribution in [0.4, 0.5) is 5.69 Å². The molecule has 1 atom stereocenters. The van der Waals surface area contributed by atoms with Crippen LogP contribution in [0.3, 0.4) is 0 Å². The van der Waals surface area contributed by atoms with E-state index in [0.717, 1.165) is 24.1 Å². The van der Waals surface area contributed by atoms with E-state index >= 15 is 0 Å². The molecule has 0 aliphatic heterocycles. The number of carbonyl (C=O) groups excluding carboxylic acids is 2. The van der Waals surface area contributed by atoms with E-state index in [1.807, 2.05) is 24.3 Å². The predicted molar refractivity (Wildman–Crippen MR) is 79.5 cm³/mol. The van der Waals surface area contributed by atoms with Gasteiger partial charge in [-0.05, 0) is 30.5 Å². The number of anilines is 1. The summed E-state index contributed by atoms with van der Waals surface area (Å²) in [5.41, 5.74) is 1.73. The van der Waals surface area contributed by atoms with Gasteiger partial charge in [0.25, 0.3) is 0 Å². The summed E-state index contributed by atoms with van der Waals surface area (Å²) < 4.78 is 0. The summed E-state index contributed by atoms with van der Waals surface area (Å²) in [6.07, 6.45) is 1.97. The number of benzene rings is 1. The van der Waals surface area contributed by atoms with Crippen LogP contribution >= 0.6 is 11.6 Å². The first-order valence-electron chi connectivity index (χ1n) is 6.83. The first-order valence-corrected chi connectivity index (χ1v) is 7.37. The third-order valence-corrected chi connectivity index (χ3v) is 3.75. The molecule has 1 aliphatic carbocycles. The van der Waals surface area contributed by atoms with Crippen molar-refractivity contribution in [2.45, 2.75) is 26.3 Å². The number of carbonyl (C=O) groups is 2. The van der Waals surface area contributed by atoms with Crippen LogP contribution in [0.15, 0.2) is 24.3 Å². The van der Waals surface area contributed by atoms with Crippen LogP contribution in [0.2, 0.25) is 0 Å². The average molecular weight is 295 g/mol. The molecule has 1 aliphatic rings. The summed E-state index contributed by atoms with van der Waals surface area (Å²) in [6, 6.07) is 7.52. The lowest BCUT2D eigenvalue weighted by molar-refractivity contribution is -0.124. The Morgan fingerprint density at radius 2 is 2.15 bits per heavy atom. The molecule has 0 aromatic heterocycles. The van der Waals surface area contributed by atoms with E-state index in [-0.39, 0.29) is 23.7 Å². The average Bonchev–Trinajstić information content (AvgIpc) is 3.28. The maximum atomic E-state index is 11.7. The highest BCUT2D eigenvalue weighted by molar-refractivity contribution is 6.19. The van der Waals surface area contributed by atoms with Gasteiger partial charge in [-0.2, -0.15) is 0 Å². The fourth-order valence-electron chi connectivity index (χ4n) is 1.78. The van der Waals surface area contributed by atoms with E-state index in [9.17, 15) is 9.59 Å². The van der Waals surface area contributed by atoms with Gasteiger partial charge in [0, 0.05) is 29.9 Å². The fraction of sp³-hybridized carbons (Fsp3) is 0.467. The molecule has 2 rings (SSSR count). The standard InChI is InChI=1S/C15H19ClN2O2/c1-10(8-16)14(19)17-9-11-3-2-4-13(7-11)18-15(20)12-5-6-12/h2-4,7,10,12H,5-6,8-9H2,1H3,(H,17,19)(H,18,20). The highest BCUT2D eigenvalue weighted by Crippen LogP contribution is 2.30. The second-order valence-corrected chi connectivity index (χ2v) is 5.55. The topological polar surface area (TPSA) is 58.2 Å². The van der Waals surface area contributed by atoms with Crippen molar-refractivity contribution in [1.82, 2.24) is 5.32 Å². The summed E-state index contributed by atoms with van der Waals surface area (Å²) >= 11 is 5.64.